The average molecular weight is 462 g/mol. The van der Waals surface area contributed by atoms with Gasteiger partial charge in [0.1, 0.15) is 11.4 Å². The maximum absolute atomic E-state index is 12.5. The molecule has 3 aromatic rings. The number of aromatic nitrogens is 1. The number of hydrogen-bond donors (Lipinski definition) is 1. The lowest BCUT2D eigenvalue weighted by Crippen LogP contribution is -2.27. The molecule has 3 rings (SSSR count). The lowest BCUT2D eigenvalue weighted by atomic mass is 10.2. The summed E-state index contributed by atoms with van der Waals surface area (Å²) in [5.74, 6) is -1.23. The van der Waals surface area contributed by atoms with Crippen LogP contribution in [-0.4, -0.2) is 28.0 Å². The molecule has 0 bridgehead atoms. The monoisotopic (exact) mass is 461 g/mol. The number of anilines is 1. The summed E-state index contributed by atoms with van der Waals surface area (Å²) < 4.78 is 5.99. The Labute approximate surface area is 185 Å². The first kappa shape index (κ1) is 22.2. The molecule has 0 atom stereocenters. The van der Waals surface area contributed by atoms with Gasteiger partial charge in [0.25, 0.3) is 11.2 Å². The van der Waals surface area contributed by atoms with E-state index in [4.69, 9.17) is 16.3 Å². The van der Waals surface area contributed by atoms with Crippen molar-refractivity contribution < 1.29 is 19.2 Å². The highest BCUT2D eigenvalue weighted by Crippen LogP contribution is 2.36. The van der Waals surface area contributed by atoms with E-state index < -0.39 is 28.9 Å². The second-order valence-corrected chi connectivity index (χ2v) is 7.73. The van der Waals surface area contributed by atoms with Crippen molar-refractivity contribution in [3.8, 4) is 10.4 Å². The van der Waals surface area contributed by atoms with Gasteiger partial charge in [0.15, 0.2) is 0 Å². The zero-order valence-electron chi connectivity index (χ0n) is 16.2. The molecule has 0 radical (unpaired) electrons. The van der Waals surface area contributed by atoms with Crippen LogP contribution in [0.1, 0.15) is 16.6 Å². The fourth-order valence-corrected chi connectivity index (χ4v) is 3.82. The number of amides is 1. The highest BCUT2D eigenvalue weighted by Gasteiger charge is 2.20. The van der Waals surface area contributed by atoms with Crippen molar-refractivity contribution in [3.05, 3.63) is 79.0 Å². The first-order valence-corrected chi connectivity index (χ1v) is 10.2. The molecule has 31 heavy (non-hydrogen) atoms. The number of esters is 1. The minimum atomic E-state index is -0.663. The van der Waals surface area contributed by atoms with Gasteiger partial charge in [-0.25, -0.2) is 4.79 Å². The Kier molecular flexibility index (Phi) is 6.83. The Morgan fingerprint density at radius 1 is 1.23 bits per heavy atom. The standard InChI is InChI=1S/C20H16ClN3O6S/c1-2-30-20(27)19-15(9-16(31-19)12-3-5-13(21)6-4-12)22-17(25)11-23-10-14(24(28)29)7-8-18(23)26/h3-10H,2,11H2,1H3,(H,22,25). The molecule has 0 unspecified atom stereocenters. The largest absolute Gasteiger partial charge is 0.462 e. The average Bonchev–Trinajstić information content (AvgIpc) is 3.14. The first-order valence-electron chi connectivity index (χ1n) is 9.00. The molecular formula is C20H16ClN3O6S. The van der Waals surface area contributed by atoms with Crippen LogP contribution < -0.4 is 10.9 Å². The summed E-state index contributed by atoms with van der Waals surface area (Å²) >= 11 is 7.05. The summed E-state index contributed by atoms with van der Waals surface area (Å²) in [4.78, 5) is 48.0. The van der Waals surface area contributed by atoms with Crippen LogP contribution in [-0.2, 0) is 16.1 Å². The molecule has 160 valence electrons. The zero-order valence-corrected chi connectivity index (χ0v) is 17.7. The predicted molar refractivity (Wildman–Crippen MR) is 117 cm³/mol. The number of carbonyl (C=O) groups excluding carboxylic acids is 2. The number of benzene rings is 1. The minimum Gasteiger partial charge on any atom is -0.462 e. The van der Waals surface area contributed by atoms with Crippen molar-refractivity contribution in [3.63, 3.8) is 0 Å². The van der Waals surface area contributed by atoms with Gasteiger partial charge < -0.3 is 10.1 Å². The summed E-state index contributed by atoms with van der Waals surface area (Å²) in [5.41, 5.74) is 0.117. The highest BCUT2D eigenvalue weighted by atomic mass is 35.5. The third-order valence-corrected chi connectivity index (χ3v) is 5.50. The Bertz CT molecular complexity index is 1200. The maximum atomic E-state index is 12.5. The molecule has 1 amide bonds. The normalized spacial score (nSPS) is 10.5. The van der Waals surface area contributed by atoms with Crippen LogP contribution in [0.3, 0.4) is 0 Å². The second-order valence-electron chi connectivity index (χ2n) is 6.24. The number of hydrogen-bond acceptors (Lipinski definition) is 7. The smallest absolute Gasteiger partial charge is 0.350 e. The molecule has 0 saturated carbocycles. The van der Waals surface area contributed by atoms with Crippen molar-refractivity contribution in [1.29, 1.82) is 0 Å². The van der Waals surface area contributed by atoms with Gasteiger partial charge in [-0.05, 0) is 30.7 Å². The van der Waals surface area contributed by atoms with E-state index in [1.807, 2.05) is 0 Å². The minimum absolute atomic E-state index is 0.156. The summed E-state index contributed by atoms with van der Waals surface area (Å²) in [7, 11) is 0. The molecule has 11 heteroatoms. The van der Waals surface area contributed by atoms with E-state index in [1.165, 1.54) is 0 Å². The fraction of sp³-hybridized carbons (Fsp3) is 0.150. The van der Waals surface area contributed by atoms with E-state index in [-0.39, 0.29) is 22.9 Å². The number of ether oxygens (including phenoxy) is 1. The fourth-order valence-electron chi connectivity index (χ4n) is 2.68. The summed E-state index contributed by atoms with van der Waals surface area (Å²) in [5, 5.41) is 14.1. The first-order chi connectivity index (χ1) is 14.8. The molecule has 0 aliphatic heterocycles. The molecule has 0 saturated heterocycles. The van der Waals surface area contributed by atoms with E-state index in [1.54, 1.807) is 37.3 Å². The van der Waals surface area contributed by atoms with Crippen LogP contribution >= 0.6 is 22.9 Å². The molecule has 1 aromatic carbocycles. The summed E-state index contributed by atoms with van der Waals surface area (Å²) in [6, 6.07) is 10.6. The Hall–Kier alpha value is -3.50. The van der Waals surface area contributed by atoms with Gasteiger partial charge in [0.05, 0.1) is 23.4 Å². The van der Waals surface area contributed by atoms with Gasteiger partial charge in [-0.15, -0.1) is 11.3 Å². The van der Waals surface area contributed by atoms with E-state index in [9.17, 15) is 24.5 Å². The molecule has 0 aliphatic carbocycles. The van der Waals surface area contributed by atoms with E-state index in [2.05, 4.69) is 5.32 Å². The third-order valence-electron chi connectivity index (χ3n) is 4.09. The number of carbonyl (C=O) groups is 2. The van der Waals surface area contributed by atoms with Gasteiger partial charge in [-0.3, -0.25) is 24.3 Å². The summed E-state index contributed by atoms with van der Waals surface area (Å²) in [6.07, 6.45) is 0.987. The topological polar surface area (TPSA) is 121 Å². The lowest BCUT2D eigenvalue weighted by Gasteiger charge is -2.08. The zero-order chi connectivity index (χ0) is 22.5. The van der Waals surface area contributed by atoms with Crippen LogP contribution in [0.25, 0.3) is 10.4 Å². The molecule has 2 heterocycles. The van der Waals surface area contributed by atoms with E-state index >= 15 is 0 Å². The molecule has 0 spiro atoms. The van der Waals surface area contributed by atoms with Crippen LogP contribution in [0.2, 0.25) is 5.02 Å². The maximum Gasteiger partial charge on any atom is 0.350 e. The van der Waals surface area contributed by atoms with E-state index in [0.717, 1.165) is 39.8 Å². The Morgan fingerprint density at radius 3 is 2.58 bits per heavy atom. The molecule has 2 aromatic heterocycles. The van der Waals surface area contributed by atoms with Crippen molar-refractivity contribution in [1.82, 2.24) is 4.57 Å². The van der Waals surface area contributed by atoms with E-state index in [0.29, 0.717) is 9.90 Å². The van der Waals surface area contributed by atoms with Crippen molar-refractivity contribution in [2.24, 2.45) is 0 Å². The quantitative estimate of drug-likeness (QED) is 0.323. The van der Waals surface area contributed by atoms with Crippen molar-refractivity contribution in [2.75, 3.05) is 11.9 Å². The Balaban J connectivity index is 1.89. The van der Waals surface area contributed by atoms with Gasteiger partial charge >= 0.3 is 5.97 Å². The van der Waals surface area contributed by atoms with Crippen molar-refractivity contribution >= 4 is 46.2 Å². The van der Waals surface area contributed by atoms with Gasteiger partial charge in [-0.2, -0.15) is 0 Å². The van der Waals surface area contributed by atoms with Gasteiger partial charge in [0, 0.05) is 22.0 Å². The van der Waals surface area contributed by atoms with Gasteiger partial charge in [-0.1, -0.05) is 23.7 Å². The number of nitro groups is 1. The predicted octanol–water partition coefficient (Wildman–Crippen LogP) is 3.95. The molecule has 0 fully saturated rings. The highest BCUT2D eigenvalue weighted by molar-refractivity contribution is 7.18. The van der Waals surface area contributed by atoms with Gasteiger partial charge in [0.2, 0.25) is 5.91 Å². The summed E-state index contributed by atoms with van der Waals surface area (Å²) in [6.45, 7) is 1.36. The number of nitrogens with zero attached hydrogens (tertiary/aromatic N) is 2. The SMILES string of the molecule is CCOC(=O)c1sc(-c2ccc(Cl)cc2)cc1NC(=O)Cn1cc([N+](=O)[O-])ccc1=O. The molecular weight excluding hydrogens is 446 g/mol. The van der Waals surface area contributed by atoms with Crippen LogP contribution in [0.5, 0.6) is 0 Å². The van der Waals surface area contributed by atoms with Crippen LogP contribution in [0, 0.1) is 10.1 Å². The third kappa shape index (κ3) is 5.36. The Morgan fingerprint density at radius 2 is 1.94 bits per heavy atom. The number of pyridine rings is 1. The van der Waals surface area contributed by atoms with Crippen molar-refractivity contribution in [2.45, 2.75) is 13.5 Å². The molecule has 9 nitrogen and oxygen atoms in total. The molecule has 1 N–H and O–H groups in total. The van der Waals surface area contributed by atoms with Crippen LogP contribution in [0.15, 0.2) is 53.5 Å². The second kappa shape index (κ2) is 9.54. The number of thiophene rings is 1. The van der Waals surface area contributed by atoms with Crippen LogP contribution in [0.4, 0.5) is 11.4 Å². The number of rotatable bonds is 7. The molecule has 0 aliphatic rings. The number of nitrogens with one attached hydrogen (secondary N) is 1. The number of halogens is 1. The lowest BCUT2D eigenvalue weighted by molar-refractivity contribution is -0.385.